The molecule has 0 aromatic heterocycles. The maximum absolute atomic E-state index is 12.5. The maximum Gasteiger partial charge on any atom is 0.242 e. The molecule has 1 amide bonds. The van der Waals surface area contributed by atoms with Crippen LogP contribution in [0.3, 0.4) is 0 Å². The third-order valence-electron chi connectivity index (χ3n) is 4.55. The van der Waals surface area contributed by atoms with E-state index >= 15 is 0 Å². The van der Waals surface area contributed by atoms with E-state index in [4.69, 9.17) is 0 Å². The highest BCUT2D eigenvalue weighted by atomic mass is 32.2. The number of hydrazone groups is 1. The highest BCUT2D eigenvalue weighted by Gasteiger charge is 2.33. The van der Waals surface area contributed by atoms with Gasteiger partial charge in [0.25, 0.3) is 0 Å². The molecule has 0 saturated carbocycles. The summed E-state index contributed by atoms with van der Waals surface area (Å²) in [5.41, 5.74) is 3.99. The van der Waals surface area contributed by atoms with Crippen LogP contribution in [0.5, 0.6) is 0 Å². The Balaban J connectivity index is 2.03. The summed E-state index contributed by atoms with van der Waals surface area (Å²) < 4.78 is 25.9. The van der Waals surface area contributed by atoms with Crippen molar-refractivity contribution in [1.82, 2.24) is 5.01 Å². The molecule has 0 radical (unpaired) electrons. The smallest absolute Gasteiger partial charge is 0.242 e. The lowest BCUT2D eigenvalue weighted by molar-refractivity contribution is -0.132. The molecule has 0 bridgehead atoms. The lowest BCUT2D eigenvalue weighted by Gasteiger charge is -2.23. The van der Waals surface area contributed by atoms with Crippen LogP contribution >= 0.6 is 0 Å². The number of rotatable bonds is 5. The van der Waals surface area contributed by atoms with Crippen molar-refractivity contribution in [3.05, 3.63) is 65.2 Å². The average Bonchev–Trinajstić information content (AvgIpc) is 3.05. The van der Waals surface area contributed by atoms with Crippen LogP contribution in [0.15, 0.2) is 53.6 Å². The molecular weight excluding hydrogens is 362 g/mol. The number of hydrogen-bond donors (Lipinski definition) is 1. The molecule has 1 aliphatic heterocycles. The number of hydrogen-bond acceptors (Lipinski definition) is 4. The molecule has 1 atom stereocenters. The second kappa shape index (κ2) is 7.52. The van der Waals surface area contributed by atoms with Gasteiger partial charge in [0.1, 0.15) is 0 Å². The average molecular weight is 385 g/mol. The van der Waals surface area contributed by atoms with E-state index in [1.54, 1.807) is 12.1 Å². The van der Waals surface area contributed by atoms with Gasteiger partial charge in [-0.2, -0.15) is 5.10 Å². The van der Waals surface area contributed by atoms with Gasteiger partial charge in [0.15, 0.2) is 0 Å². The number of sulfonamides is 1. The minimum Gasteiger partial charge on any atom is -0.283 e. The lowest BCUT2D eigenvalue weighted by atomic mass is 9.94. The van der Waals surface area contributed by atoms with E-state index in [1.165, 1.54) is 5.01 Å². The van der Waals surface area contributed by atoms with Crippen molar-refractivity contribution in [1.29, 1.82) is 0 Å². The first-order chi connectivity index (χ1) is 12.8. The number of anilines is 1. The van der Waals surface area contributed by atoms with E-state index in [1.807, 2.05) is 50.2 Å². The number of benzene rings is 2. The van der Waals surface area contributed by atoms with Crippen LogP contribution in [0.25, 0.3) is 0 Å². The van der Waals surface area contributed by atoms with E-state index in [0.29, 0.717) is 29.8 Å². The summed E-state index contributed by atoms with van der Waals surface area (Å²) in [5.74, 6) is -0.0631. The first-order valence-electron chi connectivity index (χ1n) is 8.82. The number of carbonyl (C=O) groups excluding carboxylic acids is 1. The second-order valence-electron chi connectivity index (χ2n) is 6.63. The number of carbonyl (C=O) groups is 1. The summed E-state index contributed by atoms with van der Waals surface area (Å²) in [5, 5.41) is 6.12. The molecule has 27 heavy (non-hydrogen) atoms. The van der Waals surface area contributed by atoms with Gasteiger partial charge in [-0.15, -0.1) is 0 Å². The van der Waals surface area contributed by atoms with Gasteiger partial charge in [-0.25, -0.2) is 13.4 Å². The Morgan fingerprint density at radius 3 is 2.52 bits per heavy atom. The molecule has 0 unspecified atom stereocenters. The summed E-state index contributed by atoms with van der Waals surface area (Å²) in [4.78, 5) is 12.5. The van der Waals surface area contributed by atoms with Crippen LogP contribution in [0.2, 0.25) is 0 Å². The van der Waals surface area contributed by atoms with Crippen molar-refractivity contribution in [3.63, 3.8) is 0 Å². The number of nitrogens with one attached hydrogen (secondary N) is 1. The topological polar surface area (TPSA) is 78.8 Å². The zero-order valence-corrected chi connectivity index (χ0v) is 16.5. The third-order valence-corrected chi connectivity index (χ3v) is 5.14. The minimum atomic E-state index is -3.42. The van der Waals surface area contributed by atoms with Gasteiger partial charge >= 0.3 is 0 Å². The van der Waals surface area contributed by atoms with Crippen LogP contribution in [0, 0.1) is 6.92 Å². The van der Waals surface area contributed by atoms with E-state index < -0.39 is 10.0 Å². The normalized spacial score (nSPS) is 16.9. The van der Waals surface area contributed by atoms with Gasteiger partial charge in [-0.3, -0.25) is 9.52 Å². The lowest BCUT2D eigenvalue weighted by Crippen LogP contribution is -2.26. The van der Waals surface area contributed by atoms with E-state index in [2.05, 4.69) is 9.82 Å². The molecule has 3 rings (SSSR count). The maximum atomic E-state index is 12.5. The highest BCUT2D eigenvalue weighted by molar-refractivity contribution is 7.92. The van der Waals surface area contributed by atoms with Crippen molar-refractivity contribution in [2.45, 2.75) is 32.7 Å². The number of nitrogens with zero attached hydrogens (tertiary/aromatic N) is 2. The Bertz CT molecular complexity index is 999. The molecule has 1 heterocycles. The third kappa shape index (κ3) is 4.19. The Hall–Kier alpha value is -2.67. The van der Waals surface area contributed by atoms with Crippen molar-refractivity contribution >= 4 is 27.3 Å². The van der Waals surface area contributed by atoms with Crippen LogP contribution < -0.4 is 4.72 Å². The van der Waals surface area contributed by atoms with E-state index in [9.17, 15) is 13.2 Å². The summed E-state index contributed by atoms with van der Waals surface area (Å²) in [6, 6.07) is 14.9. The zero-order chi connectivity index (χ0) is 19.6. The summed E-state index contributed by atoms with van der Waals surface area (Å²) >= 11 is 0. The first-order valence-corrected chi connectivity index (χ1v) is 10.7. The van der Waals surface area contributed by atoms with Crippen molar-refractivity contribution < 1.29 is 13.2 Å². The van der Waals surface area contributed by atoms with E-state index in [0.717, 1.165) is 17.4 Å². The van der Waals surface area contributed by atoms with Gasteiger partial charge in [0, 0.05) is 18.4 Å². The number of aryl methyl sites for hydroxylation is 1. The first kappa shape index (κ1) is 19.1. The zero-order valence-electron chi connectivity index (χ0n) is 15.6. The van der Waals surface area contributed by atoms with Gasteiger partial charge in [-0.1, -0.05) is 49.4 Å². The second-order valence-corrected chi connectivity index (χ2v) is 8.38. The molecule has 6 nitrogen and oxygen atoms in total. The minimum absolute atomic E-state index is 0.0631. The van der Waals surface area contributed by atoms with Crippen LogP contribution in [0.1, 0.15) is 42.5 Å². The van der Waals surface area contributed by atoms with Gasteiger partial charge in [0.05, 0.1) is 23.7 Å². The predicted octanol–water partition coefficient (Wildman–Crippen LogP) is 3.45. The van der Waals surface area contributed by atoms with E-state index in [-0.39, 0.29) is 11.9 Å². The fraction of sp³-hybridized carbons (Fsp3) is 0.300. The van der Waals surface area contributed by atoms with Crippen LogP contribution in [0.4, 0.5) is 5.69 Å². The fourth-order valence-electron chi connectivity index (χ4n) is 3.29. The summed E-state index contributed by atoms with van der Waals surface area (Å²) in [6.07, 6.45) is 1.99. The SMILES string of the molecule is CCC(=O)N1N=C(c2ccccc2NS(C)(=O)=O)C[C@H]1c1ccccc1C. The molecule has 7 heteroatoms. The standard InChI is InChI=1S/C20H23N3O3S/c1-4-20(24)23-19(15-10-6-5-9-14(15)2)13-18(21-23)16-11-7-8-12-17(16)22-27(3,25)26/h5-12,19,22H,4,13H2,1-3H3/t19-/m0/s1. The summed E-state index contributed by atoms with van der Waals surface area (Å²) in [7, 11) is -3.42. The molecule has 2 aromatic carbocycles. The van der Waals surface area contributed by atoms with Crippen molar-refractivity contribution in [2.24, 2.45) is 5.10 Å². The molecule has 0 aliphatic carbocycles. The molecule has 1 aliphatic rings. The molecule has 2 aromatic rings. The quantitative estimate of drug-likeness (QED) is 0.856. The predicted molar refractivity (Wildman–Crippen MR) is 107 cm³/mol. The van der Waals surface area contributed by atoms with Crippen molar-refractivity contribution in [2.75, 3.05) is 11.0 Å². The monoisotopic (exact) mass is 385 g/mol. The van der Waals surface area contributed by atoms with Crippen molar-refractivity contribution in [3.8, 4) is 0 Å². The molecule has 0 saturated heterocycles. The van der Waals surface area contributed by atoms with Gasteiger partial charge < -0.3 is 0 Å². The summed E-state index contributed by atoms with van der Waals surface area (Å²) in [6.45, 7) is 3.82. The molecule has 1 N–H and O–H groups in total. The Labute approximate surface area is 159 Å². The van der Waals surface area contributed by atoms with Gasteiger partial charge in [-0.05, 0) is 24.1 Å². The van der Waals surface area contributed by atoms with Crippen LogP contribution in [-0.2, 0) is 14.8 Å². The molecule has 0 fully saturated rings. The largest absolute Gasteiger partial charge is 0.283 e. The highest BCUT2D eigenvalue weighted by Crippen LogP contribution is 2.36. The number of para-hydroxylation sites is 1. The Kier molecular flexibility index (Phi) is 5.32. The molecule has 0 spiro atoms. The van der Waals surface area contributed by atoms with Gasteiger partial charge in [0.2, 0.25) is 15.9 Å². The molecule has 142 valence electrons. The Morgan fingerprint density at radius 1 is 1.19 bits per heavy atom. The van der Waals surface area contributed by atoms with Crippen LogP contribution in [-0.4, -0.2) is 31.3 Å². The fourth-order valence-corrected chi connectivity index (χ4v) is 3.87. The Morgan fingerprint density at radius 2 is 1.85 bits per heavy atom. The molecular formula is C20H23N3O3S. The number of amides is 1.